The lowest BCUT2D eigenvalue weighted by Crippen LogP contribution is -2.27. The van der Waals surface area contributed by atoms with Gasteiger partial charge in [0.05, 0.1) is 11.7 Å². The Morgan fingerprint density at radius 2 is 1.92 bits per heavy atom. The van der Waals surface area contributed by atoms with Crippen LogP contribution in [0.4, 0.5) is 0 Å². The van der Waals surface area contributed by atoms with E-state index in [4.69, 9.17) is 4.42 Å². The van der Waals surface area contributed by atoms with Crippen molar-refractivity contribution < 1.29 is 9.21 Å². The van der Waals surface area contributed by atoms with E-state index in [1.807, 2.05) is 32.9 Å². The first-order valence-electron chi connectivity index (χ1n) is 8.50. The molecule has 0 spiro atoms. The Morgan fingerprint density at radius 3 is 2.54 bits per heavy atom. The minimum atomic E-state index is -0.292. The number of aryl methyl sites for hydroxylation is 3. The molecule has 0 bridgehead atoms. The van der Waals surface area contributed by atoms with E-state index < -0.39 is 0 Å². The van der Waals surface area contributed by atoms with Gasteiger partial charge in [0.1, 0.15) is 0 Å². The maximum absolute atomic E-state index is 12.5. The second kappa shape index (κ2) is 7.43. The molecule has 0 aromatic carbocycles. The first-order chi connectivity index (χ1) is 12.5. The lowest BCUT2D eigenvalue weighted by atomic mass is 10.1. The zero-order valence-corrected chi connectivity index (χ0v) is 15.3. The van der Waals surface area contributed by atoms with Crippen LogP contribution in [0.15, 0.2) is 35.1 Å². The van der Waals surface area contributed by atoms with Gasteiger partial charge >= 0.3 is 0 Å². The molecule has 0 aliphatic carbocycles. The molecule has 0 fully saturated rings. The third-order valence-corrected chi connectivity index (χ3v) is 4.12. The maximum atomic E-state index is 12.5. The molecule has 0 unspecified atom stereocenters. The first kappa shape index (κ1) is 17.7. The van der Waals surface area contributed by atoms with E-state index in [1.54, 1.807) is 25.5 Å². The molecule has 0 aliphatic heterocycles. The zero-order valence-electron chi connectivity index (χ0n) is 15.3. The fourth-order valence-electron chi connectivity index (χ4n) is 2.70. The summed E-state index contributed by atoms with van der Waals surface area (Å²) >= 11 is 0. The monoisotopic (exact) mass is 351 g/mol. The van der Waals surface area contributed by atoms with E-state index in [2.05, 4.69) is 25.3 Å². The molecule has 134 valence electrons. The van der Waals surface area contributed by atoms with E-state index >= 15 is 0 Å². The van der Waals surface area contributed by atoms with Crippen LogP contribution in [0.25, 0.3) is 11.4 Å². The number of hydrogen-bond acceptors (Lipinski definition) is 6. The van der Waals surface area contributed by atoms with Gasteiger partial charge in [-0.1, -0.05) is 6.92 Å². The number of carbonyl (C=O) groups excluding carboxylic acids is 1. The molecule has 3 rings (SSSR count). The highest BCUT2D eigenvalue weighted by Gasteiger charge is 2.20. The van der Waals surface area contributed by atoms with Crippen LogP contribution < -0.4 is 5.32 Å². The predicted octanol–water partition coefficient (Wildman–Crippen LogP) is 3.20. The highest BCUT2D eigenvalue weighted by molar-refractivity contribution is 5.92. The van der Waals surface area contributed by atoms with Gasteiger partial charge in [-0.25, -0.2) is 15.0 Å². The number of amides is 1. The third kappa shape index (κ3) is 3.61. The van der Waals surface area contributed by atoms with E-state index in [1.165, 1.54) is 0 Å². The summed E-state index contributed by atoms with van der Waals surface area (Å²) in [6.07, 6.45) is 5.80. The molecular formula is C19H21N5O2. The topological polar surface area (TPSA) is 93.8 Å². The molecule has 0 saturated carbocycles. The zero-order chi connectivity index (χ0) is 18.7. The van der Waals surface area contributed by atoms with Crippen LogP contribution in [0.1, 0.15) is 53.3 Å². The average Bonchev–Trinajstić information content (AvgIpc) is 3.03. The number of nitrogens with zero attached hydrogens (tertiary/aromatic N) is 4. The summed E-state index contributed by atoms with van der Waals surface area (Å²) < 4.78 is 5.51. The van der Waals surface area contributed by atoms with Crippen LogP contribution in [0, 0.1) is 13.8 Å². The number of nitrogens with one attached hydrogen (secondary N) is 1. The van der Waals surface area contributed by atoms with Crippen molar-refractivity contribution in [2.45, 2.75) is 40.2 Å². The molecule has 1 atom stereocenters. The third-order valence-electron chi connectivity index (χ3n) is 4.12. The van der Waals surface area contributed by atoms with Crippen molar-refractivity contribution in [3.8, 4) is 11.4 Å². The van der Waals surface area contributed by atoms with Crippen LogP contribution in [-0.4, -0.2) is 25.8 Å². The summed E-state index contributed by atoms with van der Waals surface area (Å²) in [6.45, 7) is 7.49. The number of hydrogen-bond donors (Lipinski definition) is 1. The van der Waals surface area contributed by atoms with Crippen LogP contribution in [0.5, 0.6) is 0 Å². The van der Waals surface area contributed by atoms with Gasteiger partial charge in [0.15, 0.2) is 11.7 Å². The van der Waals surface area contributed by atoms with Crippen molar-refractivity contribution in [1.29, 1.82) is 0 Å². The molecule has 1 N–H and O–H groups in total. The molecule has 0 aliphatic rings. The minimum Gasteiger partial charge on any atom is -0.435 e. The van der Waals surface area contributed by atoms with Gasteiger partial charge in [-0.3, -0.25) is 9.78 Å². The van der Waals surface area contributed by atoms with Crippen LogP contribution in [0.2, 0.25) is 0 Å². The summed E-state index contributed by atoms with van der Waals surface area (Å²) in [7, 11) is 0. The summed E-state index contributed by atoms with van der Waals surface area (Å²) in [5.74, 6) is 1.15. The molecule has 7 nitrogen and oxygen atoms in total. The summed E-state index contributed by atoms with van der Waals surface area (Å²) in [4.78, 5) is 29.7. The Kier molecular flexibility index (Phi) is 5.06. The fourth-order valence-corrected chi connectivity index (χ4v) is 2.70. The smallest absolute Gasteiger partial charge is 0.289 e. The lowest BCUT2D eigenvalue weighted by Gasteiger charge is -2.15. The van der Waals surface area contributed by atoms with Crippen molar-refractivity contribution >= 4 is 5.91 Å². The van der Waals surface area contributed by atoms with Gasteiger partial charge in [-0.15, -0.1) is 0 Å². The lowest BCUT2D eigenvalue weighted by molar-refractivity contribution is 0.0909. The molecule has 0 saturated heterocycles. The fraction of sp³-hybridized carbons (Fsp3) is 0.316. The number of aromatic nitrogens is 4. The highest BCUT2D eigenvalue weighted by atomic mass is 16.4. The van der Waals surface area contributed by atoms with Crippen molar-refractivity contribution in [2.75, 3.05) is 0 Å². The molecule has 3 aromatic heterocycles. The van der Waals surface area contributed by atoms with E-state index in [-0.39, 0.29) is 17.7 Å². The molecule has 7 heteroatoms. The maximum Gasteiger partial charge on any atom is 0.289 e. The van der Waals surface area contributed by atoms with E-state index in [0.29, 0.717) is 23.8 Å². The van der Waals surface area contributed by atoms with Gasteiger partial charge in [0, 0.05) is 41.8 Å². The van der Waals surface area contributed by atoms with Crippen LogP contribution >= 0.6 is 0 Å². The van der Waals surface area contributed by atoms with E-state index in [9.17, 15) is 4.79 Å². The Bertz CT molecular complexity index is 921. The molecule has 26 heavy (non-hydrogen) atoms. The van der Waals surface area contributed by atoms with Crippen molar-refractivity contribution in [3.63, 3.8) is 0 Å². The minimum absolute atomic E-state index is 0.251. The standard InChI is InChI=1S/C19H21N5O2/c1-5-16-22-13(4)17(26-16)19(25)24-12(3)15-10-21-18(23-11(15)2)14-6-8-20-9-7-14/h6-10,12H,5H2,1-4H3,(H,24,25)/t12-/m0/s1. The Balaban J connectivity index is 1.78. The van der Waals surface area contributed by atoms with Crippen molar-refractivity contribution in [2.24, 2.45) is 0 Å². The number of oxazole rings is 1. The van der Waals surface area contributed by atoms with Gasteiger partial charge in [-0.2, -0.15) is 0 Å². The van der Waals surface area contributed by atoms with Crippen LogP contribution in [-0.2, 0) is 6.42 Å². The molecule has 3 aromatic rings. The normalized spacial score (nSPS) is 12.0. The van der Waals surface area contributed by atoms with Crippen molar-refractivity contribution in [1.82, 2.24) is 25.3 Å². The summed E-state index contributed by atoms with van der Waals surface area (Å²) in [6, 6.07) is 3.46. The predicted molar refractivity (Wildman–Crippen MR) is 96.5 cm³/mol. The van der Waals surface area contributed by atoms with Gasteiger partial charge < -0.3 is 9.73 Å². The SMILES string of the molecule is CCc1nc(C)c(C(=O)N[C@@H](C)c2cnc(-c3ccncc3)nc2C)o1. The average molecular weight is 351 g/mol. The Morgan fingerprint density at radius 1 is 1.19 bits per heavy atom. The molecule has 0 radical (unpaired) electrons. The van der Waals surface area contributed by atoms with Gasteiger partial charge in [-0.05, 0) is 32.9 Å². The van der Waals surface area contributed by atoms with E-state index in [0.717, 1.165) is 16.8 Å². The van der Waals surface area contributed by atoms with Crippen molar-refractivity contribution in [3.05, 3.63) is 59.3 Å². The second-order valence-electron chi connectivity index (χ2n) is 6.04. The Labute approximate surface area is 151 Å². The largest absolute Gasteiger partial charge is 0.435 e. The number of pyridine rings is 1. The van der Waals surface area contributed by atoms with Gasteiger partial charge in [0.2, 0.25) is 5.76 Å². The molecule has 1 amide bonds. The summed E-state index contributed by atoms with van der Waals surface area (Å²) in [5, 5.41) is 2.93. The first-order valence-corrected chi connectivity index (χ1v) is 8.50. The quantitative estimate of drug-likeness (QED) is 0.758. The second-order valence-corrected chi connectivity index (χ2v) is 6.04. The van der Waals surface area contributed by atoms with Gasteiger partial charge in [0.25, 0.3) is 5.91 Å². The van der Waals surface area contributed by atoms with Crippen LogP contribution in [0.3, 0.4) is 0 Å². The number of carbonyl (C=O) groups is 1. The Hall–Kier alpha value is -3.09. The molecular weight excluding hydrogens is 330 g/mol. The number of rotatable bonds is 5. The summed E-state index contributed by atoms with van der Waals surface area (Å²) in [5.41, 5.74) is 3.15. The molecule has 3 heterocycles. The highest BCUT2D eigenvalue weighted by Crippen LogP contribution is 2.20.